The van der Waals surface area contributed by atoms with Crippen LogP contribution in [0.4, 0.5) is 11.4 Å². The minimum Gasteiger partial charge on any atom is -0.493 e. The van der Waals surface area contributed by atoms with Gasteiger partial charge >= 0.3 is 0 Å². The predicted molar refractivity (Wildman–Crippen MR) is 140 cm³/mol. The molecule has 0 atom stereocenters. The third-order valence-electron chi connectivity index (χ3n) is 6.01. The number of carbonyl (C=O) groups is 2. The lowest BCUT2D eigenvalue weighted by Crippen LogP contribution is -2.39. The van der Waals surface area contributed by atoms with Crippen LogP contribution < -0.4 is 24.4 Å². The molecule has 0 bridgehead atoms. The highest BCUT2D eigenvalue weighted by Crippen LogP contribution is 2.34. The molecule has 3 aromatic rings. The van der Waals surface area contributed by atoms with E-state index in [0.717, 1.165) is 30.6 Å². The molecule has 1 aliphatic rings. The van der Waals surface area contributed by atoms with E-state index >= 15 is 0 Å². The van der Waals surface area contributed by atoms with Gasteiger partial charge in [0.25, 0.3) is 11.8 Å². The molecule has 0 unspecified atom stereocenters. The number of nitrogens with zero attached hydrogens (tertiary/aromatic N) is 1. The lowest BCUT2D eigenvalue weighted by Gasteiger charge is -2.30. The molecule has 1 N–H and O–H groups in total. The predicted octanol–water partition coefficient (Wildman–Crippen LogP) is 5.16. The van der Waals surface area contributed by atoms with Gasteiger partial charge in [0.05, 0.1) is 12.3 Å². The van der Waals surface area contributed by atoms with Crippen molar-refractivity contribution in [3.63, 3.8) is 0 Å². The van der Waals surface area contributed by atoms with Gasteiger partial charge in [0.1, 0.15) is 17.2 Å². The number of hydrogen-bond acceptors (Lipinski definition) is 5. The highest BCUT2D eigenvalue weighted by atomic mass is 16.5. The summed E-state index contributed by atoms with van der Waals surface area (Å²) in [6.07, 6.45) is 2.53. The number of carbonyl (C=O) groups excluding carboxylic acids is 2. The maximum absolute atomic E-state index is 12.6. The van der Waals surface area contributed by atoms with Crippen molar-refractivity contribution in [2.45, 2.75) is 33.1 Å². The highest BCUT2D eigenvalue weighted by Gasteiger charge is 2.25. The van der Waals surface area contributed by atoms with Gasteiger partial charge in [0, 0.05) is 12.2 Å². The van der Waals surface area contributed by atoms with Crippen LogP contribution in [-0.4, -0.2) is 38.2 Å². The Kier molecular flexibility index (Phi) is 8.44. The maximum atomic E-state index is 12.6. The van der Waals surface area contributed by atoms with Gasteiger partial charge in [0.2, 0.25) is 0 Å². The zero-order valence-corrected chi connectivity index (χ0v) is 20.8. The second kappa shape index (κ2) is 12.1. The van der Waals surface area contributed by atoms with Crippen LogP contribution >= 0.6 is 0 Å². The summed E-state index contributed by atoms with van der Waals surface area (Å²) in [5.41, 5.74) is 3.54. The highest BCUT2D eigenvalue weighted by molar-refractivity contribution is 5.99. The van der Waals surface area contributed by atoms with E-state index in [4.69, 9.17) is 14.2 Å². The first-order valence-corrected chi connectivity index (χ1v) is 12.3. The van der Waals surface area contributed by atoms with Crippen molar-refractivity contribution in [3.8, 4) is 17.2 Å². The molecule has 7 heteroatoms. The Morgan fingerprint density at radius 2 is 1.83 bits per heavy atom. The lowest BCUT2D eigenvalue weighted by atomic mass is 10.2. The number of fused-ring (bicyclic) bond motifs is 1. The Morgan fingerprint density at radius 3 is 2.61 bits per heavy atom. The minimum atomic E-state index is -0.280. The molecule has 0 saturated carbocycles. The summed E-state index contributed by atoms with van der Waals surface area (Å²) < 4.78 is 17.1. The molecule has 188 valence electrons. The van der Waals surface area contributed by atoms with E-state index in [1.807, 2.05) is 55.5 Å². The maximum Gasteiger partial charge on any atom is 0.265 e. The summed E-state index contributed by atoms with van der Waals surface area (Å²) in [5.74, 6) is 1.76. The molecule has 1 heterocycles. The van der Waals surface area contributed by atoms with E-state index in [-0.39, 0.29) is 25.0 Å². The van der Waals surface area contributed by atoms with Gasteiger partial charge in [-0.15, -0.1) is 0 Å². The average Bonchev–Trinajstić information content (AvgIpc) is 2.89. The number of amides is 2. The van der Waals surface area contributed by atoms with Gasteiger partial charge in [0.15, 0.2) is 13.2 Å². The van der Waals surface area contributed by atoms with E-state index in [2.05, 4.69) is 12.2 Å². The zero-order chi connectivity index (χ0) is 25.3. The molecule has 0 radical (unpaired) electrons. The van der Waals surface area contributed by atoms with Crippen LogP contribution in [-0.2, 0) is 16.0 Å². The second-order valence-electron chi connectivity index (χ2n) is 8.67. The van der Waals surface area contributed by atoms with Crippen LogP contribution in [0.2, 0.25) is 0 Å². The SMILES string of the molecule is CCc1ccc(OCC(=O)Nc2ccc3c(c2)N(CCCCOc2ccccc2C)C(=O)CO3)cc1. The van der Waals surface area contributed by atoms with Crippen LogP contribution in [0.5, 0.6) is 17.2 Å². The topological polar surface area (TPSA) is 77.1 Å². The molecule has 4 rings (SSSR count). The van der Waals surface area contributed by atoms with Crippen molar-refractivity contribution in [2.75, 3.05) is 36.6 Å². The van der Waals surface area contributed by atoms with E-state index in [1.165, 1.54) is 5.56 Å². The fraction of sp³-hybridized carbons (Fsp3) is 0.310. The molecular formula is C29H32N2O5. The van der Waals surface area contributed by atoms with Gasteiger partial charge in [-0.05, 0) is 73.7 Å². The summed E-state index contributed by atoms with van der Waals surface area (Å²) >= 11 is 0. The zero-order valence-electron chi connectivity index (χ0n) is 20.8. The average molecular weight is 489 g/mol. The van der Waals surface area contributed by atoms with Crippen LogP contribution in [0.1, 0.15) is 30.9 Å². The molecular weight excluding hydrogens is 456 g/mol. The fourth-order valence-corrected chi connectivity index (χ4v) is 3.96. The number of ether oxygens (including phenoxy) is 3. The smallest absolute Gasteiger partial charge is 0.265 e. The van der Waals surface area contributed by atoms with Gasteiger partial charge in [-0.25, -0.2) is 0 Å². The molecule has 3 aromatic carbocycles. The molecule has 0 aromatic heterocycles. The number of hydrogen-bond donors (Lipinski definition) is 1. The number of anilines is 2. The Labute approximate surface area is 212 Å². The van der Waals surface area contributed by atoms with Gasteiger partial charge in [-0.1, -0.05) is 37.3 Å². The molecule has 0 aliphatic carbocycles. The van der Waals surface area contributed by atoms with Crippen molar-refractivity contribution >= 4 is 23.2 Å². The van der Waals surface area contributed by atoms with E-state index in [1.54, 1.807) is 23.1 Å². The molecule has 7 nitrogen and oxygen atoms in total. The third-order valence-corrected chi connectivity index (χ3v) is 6.01. The molecule has 0 spiro atoms. The van der Waals surface area contributed by atoms with Crippen LogP contribution in [0.25, 0.3) is 0 Å². The van der Waals surface area contributed by atoms with Crippen molar-refractivity contribution < 1.29 is 23.8 Å². The van der Waals surface area contributed by atoms with Crippen molar-refractivity contribution in [1.29, 1.82) is 0 Å². The van der Waals surface area contributed by atoms with E-state index < -0.39 is 0 Å². The number of unbranched alkanes of at least 4 members (excludes halogenated alkanes) is 1. The number of nitrogens with one attached hydrogen (secondary N) is 1. The summed E-state index contributed by atoms with van der Waals surface area (Å²) in [6.45, 7) is 5.12. The van der Waals surface area contributed by atoms with Gasteiger partial charge in [-0.2, -0.15) is 0 Å². The minimum absolute atomic E-state index is 0.00305. The first kappa shape index (κ1) is 25.1. The van der Waals surface area contributed by atoms with Crippen molar-refractivity contribution in [2.24, 2.45) is 0 Å². The third kappa shape index (κ3) is 6.56. The van der Waals surface area contributed by atoms with E-state index in [0.29, 0.717) is 36.0 Å². The monoisotopic (exact) mass is 488 g/mol. The lowest BCUT2D eigenvalue weighted by molar-refractivity contribution is -0.121. The fourth-order valence-electron chi connectivity index (χ4n) is 3.96. The molecule has 1 aliphatic heterocycles. The Bertz CT molecular complexity index is 1190. The van der Waals surface area contributed by atoms with E-state index in [9.17, 15) is 9.59 Å². The summed E-state index contributed by atoms with van der Waals surface area (Å²) in [4.78, 5) is 26.7. The molecule has 2 amide bonds. The quantitative estimate of drug-likeness (QED) is 0.377. The number of aryl methyl sites for hydroxylation is 2. The van der Waals surface area contributed by atoms with Crippen LogP contribution in [0, 0.1) is 6.92 Å². The standard InChI is InChI=1S/C29H32N2O5/c1-3-22-10-13-24(14-11-22)35-19-28(32)30-23-12-15-27-25(18-23)31(29(33)20-36-27)16-6-7-17-34-26-9-5-4-8-21(26)2/h4-5,8-15,18H,3,6-7,16-17,19-20H2,1-2H3,(H,30,32). The normalized spacial score (nSPS) is 12.5. The summed E-state index contributed by atoms with van der Waals surface area (Å²) in [6, 6.07) is 20.9. The molecule has 0 fully saturated rings. The first-order chi connectivity index (χ1) is 17.5. The van der Waals surface area contributed by atoms with Gasteiger partial charge < -0.3 is 24.4 Å². The Morgan fingerprint density at radius 1 is 1.03 bits per heavy atom. The first-order valence-electron chi connectivity index (χ1n) is 12.3. The Hall–Kier alpha value is -4.00. The Balaban J connectivity index is 1.30. The summed E-state index contributed by atoms with van der Waals surface area (Å²) in [5, 5.41) is 2.84. The number of rotatable bonds is 11. The second-order valence-corrected chi connectivity index (χ2v) is 8.67. The van der Waals surface area contributed by atoms with Crippen molar-refractivity contribution in [3.05, 3.63) is 77.9 Å². The van der Waals surface area contributed by atoms with Crippen molar-refractivity contribution in [1.82, 2.24) is 0 Å². The van der Waals surface area contributed by atoms with Gasteiger partial charge in [-0.3, -0.25) is 9.59 Å². The number of benzene rings is 3. The molecule has 36 heavy (non-hydrogen) atoms. The number of para-hydroxylation sites is 1. The van der Waals surface area contributed by atoms with Crippen LogP contribution in [0.15, 0.2) is 66.7 Å². The molecule has 0 saturated heterocycles. The van der Waals surface area contributed by atoms with Crippen LogP contribution in [0.3, 0.4) is 0 Å². The summed E-state index contributed by atoms with van der Waals surface area (Å²) in [7, 11) is 0. The largest absolute Gasteiger partial charge is 0.493 e.